The van der Waals surface area contributed by atoms with E-state index < -0.39 is 0 Å². The number of hydrogen-bond donors (Lipinski definition) is 1. The molecule has 126 valence electrons. The van der Waals surface area contributed by atoms with Crippen LogP contribution in [0, 0.1) is 18.7 Å². The predicted octanol–water partition coefficient (Wildman–Crippen LogP) is 4.46. The molecular formula is C19H22FN3O. The second kappa shape index (κ2) is 6.99. The molecule has 0 radical (unpaired) electrons. The van der Waals surface area contributed by atoms with Gasteiger partial charge >= 0.3 is 6.03 Å². The lowest BCUT2D eigenvalue weighted by atomic mass is 9.99. The molecule has 0 bridgehead atoms. The molecule has 2 amide bonds. The van der Waals surface area contributed by atoms with Crippen molar-refractivity contribution in [3.8, 4) is 11.1 Å². The third-order valence-electron chi connectivity index (χ3n) is 4.58. The standard InChI is InChI=1S/C19H22FN3O/c1-13-5-7-23(8-6-13)19(24)22-17-4-3-14(2)18(10-17)15-9-16(20)12-21-11-15/h3-4,9-13H,5-8H2,1-2H3,(H,22,24). The van der Waals surface area contributed by atoms with E-state index in [0.717, 1.165) is 37.1 Å². The first-order valence-corrected chi connectivity index (χ1v) is 8.30. The van der Waals surface area contributed by atoms with E-state index in [1.165, 1.54) is 12.3 Å². The highest BCUT2D eigenvalue weighted by Crippen LogP contribution is 2.27. The van der Waals surface area contributed by atoms with Gasteiger partial charge in [0.05, 0.1) is 6.20 Å². The molecule has 0 atom stereocenters. The van der Waals surface area contributed by atoms with Gasteiger partial charge in [-0.05, 0) is 55.0 Å². The minimum absolute atomic E-state index is 0.0749. The number of hydrogen-bond acceptors (Lipinski definition) is 2. The number of pyridine rings is 1. The van der Waals surface area contributed by atoms with Gasteiger partial charge in [-0.3, -0.25) is 4.98 Å². The monoisotopic (exact) mass is 327 g/mol. The van der Waals surface area contributed by atoms with Crippen LogP contribution in [0.1, 0.15) is 25.3 Å². The number of aryl methyl sites for hydroxylation is 1. The van der Waals surface area contributed by atoms with E-state index in [2.05, 4.69) is 17.2 Å². The van der Waals surface area contributed by atoms with Gasteiger partial charge in [0.15, 0.2) is 0 Å². The molecule has 0 unspecified atom stereocenters. The van der Waals surface area contributed by atoms with Crippen molar-refractivity contribution < 1.29 is 9.18 Å². The van der Waals surface area contributed by atoms with Gasteiger partial charge in [-0.2, -0.15) is 0 Å². The Balaban J connectivity index is 1.77. The molecule has 2 heterocycles. The maximum Gasteiger partial charge on any atom is 0.321 e. The third kappa shape index (κ3) is 3.72. The Morgan fingerprint density at radius 1 is 1.25 bits per heavy atom. The minimum atomic E-state index is -0.372. The summed E-state index contributed by atoms with van der Waals surface area (Å²) < 4.78 is 13.4. The second-order valence-corrected chi connectivity index (χ2v) is 6.52. The van der Waals surface area contributed by atoms with Crippen LogP contribution in [0.2, 0.25) is 0 Å². The summed E-state index contributed by atoms with van der Waals surface area (Å²) in [4.78, 5) is 18.2. The lowest BCUT2D eigenvalue weighted by molar-refractivity contribution is 0.186. The maximum absolute atomic E-state index is 13.4. The number of nitrogens with one attached hydrogen (secondary N) is 1. The molecule has 0 saturated carbocycles. The molecule has 0 aliphatic carbocycles. The molecule has 1 aliphatic rings. The van der Waals surface area contributed by atoms with Crippen LogP contribution in [-0.4, -0.2) is 29.0 Å². The number of nitrogens with zero attached hydrogens (tertiary/aromatic N) is 2. The molecule has 1 aromatic heterocycles. The molecule has 1 N–H and O–H groups in total. The highest BCUT2D eigenvalue weighted by Gasteiger charge is 2.20. The van der Waals surface area contributed by atoms with Crippen LogP contribution in [0.4, 0.5) is 14.9 Å². The summed E-state index contributed by atoms with van der Waals surface area (Å²) in [5, 5.41) is 2.95. The smallest absolute Gasteiger partial charge is 0.321 e. The summed E-state index contributed by atoms with van der Waals surface area (Å²) in [6, 6.07) is 7.04. The van der Waals surface area contributed by atoms with E-state index in [1.807, 2.05) is 30.0 Å². The van der Waals surface area contributed by atoms with Gasteiger partial charge in [0.1, 0.15) is 5.82 Å². The van der Waals surface area contributed by atoms with Crippen molar-refractivity contribution in [3.05, 3.63) is 48.0 Å². The zero-order valence-electron chi connectivity index (χ0n) is 14.1. The van der Waals surface area contributed by atoms with Crippen molar-refractivity contribution in [3.63, 3.8) is 0 Å². The Morgan fingerprint density at radius 2 is 2.00 bits per heavy atom. The van der Waals surface area contributed by atoms with Gasteiger partial charge in [-0.25, -0.2) is 9.18 Å². The second-order valence-electron chi connectivity index (χ2n) is 6.52. The molecule has 0 spiro atoms. The van der Waals surface area contributed by atoms with Crippen LogP contribution in [-0.2, 0) is 0 Å². The number of amides is 2. The van der Waals surface area contributed by atoms with Crippen molar-refractivity contribution in [2.45, 2.75) is 26.7 Å². The Hall–Kier alpha value is -2.43. The van der Waals surface area contributed by atoms with Gasteiger partial charge in [0.2, 0.25) is 0 Å². The van der Waals surface area contributed by atoms with Gasteiger partial charge in [0.25, 0.3) is 0 Å². The zero-order valence-corrected chi connectivity index (χ0v) is 14.1. The Kier molecular flexibility index (Phi) is 4.79. The fraction of sp³-hybridized carbons (Fsp3) is 0.368. The Bertz CT molecular complexity index is 739. The van der Waals surface area contributed by atoms with Crippen molar-refractivity contribution in [1.29, 1.82) is 0 Å². The van der Waals surface area contributed by atoms with Crippen molar-refractivity contribution >= 4 is 11.7 Å². The van der Waals surface area contributed by atoms with Crippen molar-refractivity contribution in [1.82, 2.24) is 9.88 Å². The largest absolute Gasteiger partial charge is 0.325 e. The number of carbonyl (C=O) groups excluding carboxylic acids is 1. The highest BCUT2D eigenvalue weighted by atomic mass is 19.1. The molecule has 1 fully saturated rings. The normalized spacial score (nSPS) is 15.4. The lowest BCUT2D eigenvalue weighted by Gasteiger charge is -2.30. The molecule has 2 aromatic rings. The summed E-state index contributed by atoms with van der Waals surface area (Å²) in [6.07, 6.45) is 4.90. The zero-order chi connectivity index (χ0) is 17.1. The minimum Gasteiger partial charge on any atom is -0.325 e. The number of aromatic nitrogens is 1. The van der Waals surface area contributed by atoms with Crippen LogP contribution < -0.4 is 5.32 Å². The third-order valence-corrected chi connectivity index (χ3v) is 4.58. The molecule has 1 aliphatic heterocycles. The van der Waals surface area contributed by atoms with E-state index in [-0.39, 0.29) is 11.8 Å². The number of piperidine rings is 1. The summed E-state index contributed by atoms with van der Waals surface area (Å²) in [7, 11) is 0. The van der Waals surface area contributed by atoms with Crippen LogP contribution >= 0.6 is 0 Å². The van der Waals surface area contributed by atoms with E-state index >= 15 is 0 Å². The number of anilines is 1. The summed E-state index contributed by atoms with van der Waals surface area (Å²) in [5.41, 5.74) is 3.29. The fourth-order valence-electron chi connectivity index (χ4n) is 2.98. The molecule has 1 aromatic carbocycles. The number of rotatable bonds is 2. The molecule has 3 rings (SSSR count). The van der Waals surface area contributed by atoms with E-state index in [9.17, 15) is 9.18 Å². The van der Waals surface area contributed by atoms with E-state index in [0.29, 0.717) is 17.2 Å². The SMILES string of the molecule is Cc1ccc(NC(=O)N2CCC(C)CC2)cc1-c1cncc(F)c1. The predicted molar refractivity (Wildman–Crippen MR) is 93.4 cm³/mol. The number of benzene rings is 1. The topological polar surface area (TPSA) is 45.2 Å². The van der Waals surface area contributed by atoms with Gasteiger partial charge < -0.3 is 10.2 Å². The Labute approximate surface area is 141 Å². The Morgan fingerprint density at radius 3 is 2.71 bits per heavy atom. The number of halogens is 1. The van der Waals surface area contributed by atoms with Gasteiger partial charge in [-0.15, -0.1) is 0 Å². The van der Waals surface area contributed by atoms with E-state index in [4.69, 9.17) is 0 Å². The molecule has 24 heavy (non-hydrogen) atoms. The molecule has 5 heteroatoms. The first-order valence-electron chi connectivity index (χ1n) is 8.30. The summed E-state index contributed by atoms with van der Waals surface area (Å²) in [6.45, 7) is 5.76. The molecule has 1 saturated heterocycles. The fourth-order valence-corrected chi connectivity index (χ4v) is 2.98. The van der Waals surface area contributed by atoms with Gasteiger partial charge in [-0.1, -0.05) is 13.0 Å². The quantitative estimate of drug-likeness (QED) is 0.885. The van der Waals surface area contributed by atoms with Crippen LogP contribution in [0.15, 0.2) is 36.7 Å². The number of carbonyl (C=O) groups is 1. The van der Waals surface area contributed by atoms with Crippen LogP contribution in [0.5, 0.6) is 0 Å². The number of likely N-dealkylation sites (tertiary alicyclic amines) is 1. The average Bonchev–Trinajstić information content (AvgIpc) is 2.57. The molecule has 4 nitrogen and oxygen atoms in total. The molecular weight excluding hydrogens is 305 g/mol. The lowest BCUT2D eigenvalue weighted by Crippen LogP contribution is -2.40. The first kappa shape index (κ1) is 16.4. The van der Waals surface area contributed by atoms with Crippen LogP contribution in [0.25, 0.3) is 11.1 Å². The summed E-state index contributed by atoms with van der Waals surface area (Å²) in [5.74, 6) is 0.310. The summed E-state index contributed by atoms with van der Waals surface area (Å²) >= 11 is 0. The van der Waals surface area contributed by atoms with E-state index in [1.54, 1.807) is 6.20 Å². The van der Waals surface area contributed by atoms with Crippen molar-refractivity contribution in [2.24, 2.45) is 5.92 Å². The van der Waals surface area contributed by atoms with Crippen molar-refractivity contribution in [2.75, 3.05) is 18.4 Å². The average molecular weight is 327 g/mol. The van der Waals surface area contributed by atoms with Crippen LogP contribution in [0.3, 0.4) is 0 Å². The first-order chi connectivity index (χ1) is 11.5. The van der Waals surface area contributed by atoms with Gasteiger partial charge in [0, 0.05) is 30.5 Å². The number of urea groups is 1. The highest BCUT2D eigenvalue weighted by molar-refractivity contribution is 5.90. The maximum atomic E-state index is 13.4.